The molecule has 1 fully saturated rings. The third kappa shape index (κ3) is 7.62. The van der Waals surface area contributed by atoms with E-state index in [4.69, 9.17) is 25.2 Å². The van der Waals surface area contributed by atoms with Crippen LogP contribution in [0.25, 0.3) is 0 Å². The zero-order chi connectivity index (χ0) is 24.6. The van der Waals surface area contributed by atoms with Crippen molar-refractivity contribution in [2.75, 3.05) is 19.8 Å². The number of nitrogens with two attached hydrogens (primary N) is 1. The molecule has 1 aliphatic heterocycles. The van der Waals surface area contributed by atoms with Gasteiger partial charge in [0.15, 0.2) is 12.4 Å². The van der Waals surface area contributed by atoms with Crippen LogP contribution in [0.1, 0.15) is 30.4 Å². The molecule has 0 unspecified atom stereocenters. The number of carbonyl (C=O) groups is 1. The predicted molar refractivity (Wildman–Crippen MR) is 107 cm³/mol. The van der Waals surface area contributed by atoms with Crippen molar-refractivity contribution in [1.82, 2.24) is 0 Å². The van der Waals surface area contributed by atoms with Crippen LogP contribution in [0.15, 0.2) is 29.4 Å². The molecule has 2 rings (SSSR count). The van der Waals surface area contributed by atoms with Gasteiger partial charge in [-0.1, -0.05) is 17.3 Å². The quantitative estimate of drug-likeness (QED) is 0.172. The molecule has 1 heterocycles. The fourth-order valence-electron chi connectivity index (χ4n) is 3.05. The minimum absolute atomic E-state index is 0.000823. The summed E-state index contributed by atoms with van der Waals surface area (Å²) < 4.78 is 48.7. The van der Waals surface area contributed by atoms with Crippen LogP contribution >= 0.6 is 0 Å². The van der Waals surface area contributed by atoms with Gasteiger partial charge in [0.1, 0.15) is 24.9 Å². The molecule has 10 nitrogen and oxygen atoms in total. The molecule has 0 radical (unpaired) electrons. The fraction of sp³-hybridized carbons (Fsp3) is 0.600. The molecule has 5 atom stereocenters. The number of alkyl halides is 3. The Hall–Kier alpha value is -2.29. The van der Waals surface area contributed by atoms with Gasteiger partial charge in [-0.15, -0.1) is 0 Å². The fourth-order valence-corrected chi connectivity index (χ4v) is 3.05. The van der Waals surface area contributed by atoms with Crippen molar-refractivity contribution in [1.29, 1.82) is 0 Å². The molecule has 0 saturated carbocycles. The smallest absolute Gasteiger partial charge is 0.416 e. The number of carboxylic acids is 1. The van der Waals surface area contributed by atoms with Gasteiger partial charge in [0.25, 0.3) is 0 Å². The molecule has 186 valence electrons. The third-order valence-electron chi connectivity index (χ3n) is 4.83. The molecule has 13 heteroatoms. The summed E-state index contributed by atoms with van der Waals surface area (Å²) in [7, 11) is 0. The molecule has 1 aliphatic rings. The van der Waals surface area contributed by atoms with Crippen molar-refractivity contribution in [3.8, 4) is 0 Å². The van der Waals surface area contributed by atoms with Gasteiger partial charge >= 0.3 is 12.1 Å². The number of hydrogen-bond acceptors (Lipinski definition) is 9. The lowest BCUT2D eigenvalue weighted by Crippen LogP contribution is -2.60. The van der Waals surface area contributed by atoms with Gasteiger partial charge in [-0.25, -0.2) is 4.79 Å². The molecule has 0 bridgehead atoms. The van der Waals surface area contributed by atoms with E-state index in [0.717, 1.165) is 12.1 Å². The van der Waals surface area contributed by atoms with E-state index in [-0.39, 0.29) is 19.8 Å². The first-order valence-electron chi connectivity index (χ1n) is 10.2. The number of aliphatic hydroxyl groups excluding tert-OH is 3. The highest BCUT2D eigenvalue weighted by atomic mass is 19.4. The molecule has 0 amide bonds. The van der Waals surface area contributed by atoms with Crippen LogP contribution < -0.4 is 5.73 Å². The highest BCUT2D eigenvalue weighted by Gasteiger charge is 2.47. The SMILES string of the molecule is NCCO/N=C(\CCCCO[C@@H]1O[C@H](C(=O)O)[C@@H](O)[C@H](O)[C@H]1O)c1ccc(C(F)(F)F)cc1. The average Bonchev–Trinajstić information content (AvgIpc) is 2.76. The number of aliphatic carboxylic acids is 1. The van der Waals surface area contributed by atoms with Crippen molar-refractivity contribution >= 4 is 11.7 Å². The normalized spacial score (nSPS) is 26.3. The van der Waals surface area contributed by atoms with E-state index in [1.165, 1.54) is 12.1 Å². The molecular formula is C20H27F3N2O8. The maximum atomic E-state index is 12.8. The molecule has 1 aromatic rings. The number of benzene rings is 1. The van der Waals surface area contributed by atoms with Crippen LogP contribution in [0.5, 0.6) is 0 Å². The highest BCUT2D eigenvalue weighted by Crippen LogP contribution is 2.29. The molecule has 0 aromatic heterocycles. The first-order chi connectivity index (χ1) is 15.6. The molecule has 6 N–H and O–H groups in total. The first kappa shape index (κ1) is 27.0. The second-order valence-corrected chi connectivity index (χ2v) is 7.30. The second kappa shape index (κ2) is 12.3. The molecule has 33 heavy (non-hydrogen) atoms. The maximum Gasteiger partial charge on any atom is 0.416 e. The van der Waals surface area contributed by atoms with Crippen molar-refractivity contribution in [3.63, 3.8) is 0 Å². The number of carboxylic acid groups (broad SMARTS) is 1. The average molecular weight is 480 g/mol. The Bertz CT molecular complexity index is 791. The van der Waals surface area contributed by atoms with Crippen LogP contribution in [0, 0.1) is 0 Å². The topological polar surface area (TPSA) is 164 Å². The van der Waals surface area contributed by atoms with E-state index in [1.807, 2.05) is 0 Å². The van der Waals surface area contributed by atoms with Gasteiger partial charge in [0.2, 0.25) is 0 Å². The Morgan fingerprint density at radius 2 is 1.73 bits per heavy atom. The largest absolute Gasteiger partial charge is 0.479 e. The summed E-state index contributed by atoms with van der Waals surface area (Å²) in [5.74, 6) is -1.52. The Kier molecular flexibility index (Phi) is 10.0. The van der Waals surface area contributed by atoms with Crippen molar-refractivity contribution in [2.24, 2.45) is 10.9 Å². The number of aliphatic hydroxyl groups is 3. The summed E-state index contributed by atoms with van der Waals surface area (Å²) in [4.78, 5) is 16.2. The summed E-state index contributed by atoms with van der Waals surface area (Å²) in [5.41, 5.74) is 5.40. The molecule has 0 aliphatic carbocycles. The summed E-state index contributed by atoms with van der Waals surface area (Å²) in [6, 6.07) is 4.46. The summed E-state index contributed by atoms with van der Waals surface area (Å²) in [6.45, 7) is 0.336. The maximum absolute atomic E-state index is 12.8. The summed E-state index contributed by atoms with van der Waals surface area (Å²) in [5, 5.41) is 42.3. The molecular weight excluding hydrogens is 453 g/mol. The van der Waals surface area contributed by atoms with Gasteiger partial charge in [0.05, 0.1) is 11.3 Å². The Morgan fingerprint density at radius 1 is 1.06 bits per heavy atom. The lowest BCUT2D eigenvalue weighted by Gasteiger charge is -2.38. The van der Waals surface area contributed by atoms with Gasteiger partial charge in [-0.3, -0.25) is 0 Å². The van der Waals surface area contributed by atoms with Crippen LogP contribution in [-0.2, 0) is 25.3 Å². The van der Waals surface area contributed by atoms with Gasteiger partial charge in [-0.2, -0.15) is 13.2 Å². The Labute approximate surface area is 187 Å². The van der Waals surface area contributed by atoms with Crippen LogP contribution in [-0.4, -0.2) is 82.6 Å². The van der Waals surface area contributed by atoms with Crippen molar-refractivity contribution < 1.29 is 52.7 Å². The number of rotatable bonds is 11. The third-order valence-corrected chi connectivity index (χ3v) is 4.83. The Balaban J connectivity index is 1.91. The molecule has 0 spiro atoms. The lowest BCUT2D eigenvalue weighted by atomic mass is 9.99. The summed E-state index contributed by atoms with van der Waals surface area (Å²) in [6.07, 6.45) is -11.8. The van der Waals surface area contributed by atoms with E-state index >= 15 is 0 Å². The minimum Gasteiger partial charge on any atom is -0.479 e. The van der Waals surface area contributed by atoms with Crippen LogP contribution in [0.2, 0.25) is 0 Å². The predicted octanol–water partition coefficient (Wildman–Crippen LogP) is 0.464. The van der Waals surface area contributed by atoms with Crippen molar-refractivity contribution in [3.05, 3.63) is 35.4 Å². The molecule has 1 aromatic carbocycles. The van der Waals surface area contributed by atoms with Crippen molar-refractivity contribution in [2.45, 2.75) is 56.1 Å². The monoisotopic (exact) mass is 480 g/mol. The van der Waals surface area contributed by atoms with Gasteiger partial charge in [-0.05, 0) is 37.0 Å². The zero-order valence-electron chi connectivity index (χ0n) is 17.5. The van der Waals surface area contributed by atoms with E-state index in [9.17, 15) is 33.3 Å². The van der Waals surface area contributed by atoms with E-state index in [0.29, 0.717) is 30.5 Å². The van der Waals surface area contributed by atoms with E-state index in [2.05, 4.69) is 5.16 Å². The minimum atomic E-state index is -4.46. The second-order valence-electron chi connectivity index (χ2n) is 7.30. The van der Waals surface area contributed by atoms with Gasteiger partial charge < -0.3 is 40.5 Å². The number of oxime groups is 1. The standard InChI is InChI=1S/C20H27F3N2O8/c21-20(22,23)12-6-4-11(5-7-12)13(25-32-10-8-24)3-1-2-9-31-19-16(28)14(26)15(27)17(33-19)18(29)30/h4-7,14-17,19,26-28H,1-3,8-10,24H2,(H,29,30)/b25-13+/t14-,15-,16+,17-,19+/m0/s1. The highest BCUT2D eigenvalue weighted by molar-refractivity contribution is 6.00. The number of halogens is 3. The van der Waals surface area contributed by atoms with Crippen LogP contribution in [0.4, 0.5) is 13.2 Å². The number of ether oxygens (including phenoxy) is 2. The number of unbranched alkanes of at least 4 members (excludes halogenated alkanes) is 1. The van der Waals surface area contributed by atoms with E-state index < -0.39 is 48.4 Å². The van der Waals surface area contributed by atoms with Crippen LogP contribution in [0.3, 0.4) is 0 Å². The number of hydrogen-bond donors (Lipinski definition) is 5. The number of nitrogens with zero attached hydrogens (tertiary/aromatic N) is 1. The van der Waals surface area contributed by atoms with E-state index in [1.54, 1.807) is 0 Å². The van der Waals surface area contributed by atoms with Gasteiger partial charge in [0, 0.05) is 13.2 Å². The molecule has 1 saturated heterocycles. The first-order valence-corrected chi connectivity index (χ1v) is 10.2. The Morgan fingerprint density at radius 3 is 2.30 bits per heavy atom. The lowest BCUT2D eigenvalue weighted by molar-refractivity contribution is -0.294. The summed E-state index contributed by atoms with van der Waals surface area (Å²) >= 11 is 0. The zero-order valence-corrected chi connectivity index (χ0v) is 17.5.